The van der Waals surface area contributed by atoms with E-state index in [9.17, 15) is 4.79 Å². The minimum absolute atomic E-state index is 0.199. The van der Waals surface area contributed by atoms with E-state index in [-0.39, 0.29) is 5.91 Å². The van der Waals surface area contributed by atoms with Crippen molar-refractivity contribution in [1.82, 2.24) is 4.98 Å². The Kier molecular flexibility index (Phi) is 2.97. The third kappa shape index (κ3) is 2.46. The highest BCUT2D eigenvalue weighted by Crippen LogP contribution is 2.20. The molecule has 2 aromatic carbocycles. The predicted molar refractivity (Wildman–Crippen MR) is 76.5 cm³/mol. The van der Waals surface area contributed by atoms with Crippen LogP contribution in [0.4, 0.5) is 5.69 Å². The summed E-state index contributed by atoms with van der Waals surface area (Å²) in [7, 11) is 0. The maximum absolute atomic E-state index is 12.1. The molecule has 0 aliphatic heterocycles. The monoisotopic (exact) mass is 269 g/mol. The van der Waals surface area contributed by atoms with E-state index in [2.05, 4.69) is 16.4 Å². The third-order valence-electron chi connectivity index (χ3n) is 2.78. The first-order valence-corrected chi connectivity index (χ1v) is 6.16. The number of rotatable bonds is 2. The topological polar surface area (TPSA) is 44.9 Å². The van der Waals surface area contributed by atoms with E-state index in [1.807, 2.05) is 24.3 Å². The summed E-state index contributed by atoms with van der Waals surface area (Å²) in [5, 5.41) is 4.33. The lowest BCUT2D eigenvalue weighted by molar-refractivity contribution is 0.102. The second-order valence-electron chi connectivity index (χ2n) is 4.14. The zero-order valence-electron chi connectivity index (χ0n) is 9.91. The highest BCUT2D eigenvalue weighted by atomic mass is 35.5. The molecule has 3 nitrogen and oxygen atoms in total. The highest BCUT2D eigenvalue weighted by molar-refractivity contribution is 6.31. The summed E-state index contributed by atoms with van der Waals surface area (Å²) in [5.41, 5.74) is 2.02. The summed E-state index contributed by atoms with van der Waals surface area (Å²) in [6, 6.07) is 17.4. The van der Waals surface area contributed by atoms with Crippen LogP contribution in [0.25, 0.3) is 10.9 Å². The maximum Gasteiger partial charge on any atom is 0.272 e. The van der Waals surface area contributed by atoms with Gasteiger partial charge >= 0.3 is 0 Å². The fraction of sp³-hybridized carbons (Fsp3) is 0. The number of amides is 1. The first kappa shape index (κ1) is 11.8. The molecule has 0 unspecified atom stereocenters. The van der Waals surface area contributed by atoms with Crippen molar-refractivity contribution in [1.29, 1.82) is 0 Å². The number of carbonyl (C=O) groups is 1. The van der Waals surface area contributed by atoms with Crippen LogP contribution in [0.2, 0.25) is 5.02 Å². The van der Waals surface area contributed by atoms with Gasteiger partial charge in [0.05, 0.1) is 0 Å². The number of aromatic amines is 1. The van der Waals surface area contributed by atoms with E-state index in [0.29, 0.717) is 16.4 Å². The van der Waals surface area contributed by atoms with Crippen LogP contribution in [0.3, 0.4) is 0 Å². The van der Waals surface area contributed by atoms with Crippen LogP contribution >= 0.6 is 11.6 Å². The van der Waals surface area contributed by atoms with Crippen LogP contribution in [-0.4, -0.2) is 10.9 Å². The fourth-order valence-electron chi connectivity index (χ4n) is 1.89. The number of para-hydroxylation sites is 1. The Morgan fingerprint density at radius 1 is 1.21 bits per heavy atom. The number of anilines is 1. The Balaban J connectivity index is 1.89. The number of nitrogens with one attached hydrogen (secondary N) is 2. The van der Waals surface area contributed by atoms with Crippen molar-refractivity contribution >= 4 is 34.1 Å². The van der Waals surface area contributed by atoms with Gasteiger partial charge in [-0.15, -0.1) is 0 Å². The number of benzene rings is 2. The molecule has 0 bridgehead atoms. The van der Waals surface area contributed by atoms with E-state index in [0.717, 1.165) is 10.9 Å². The SMILES string of the molecule is O=C(Nc1[c]cccc1)c1cc2cc(Cl)ccc2[nH]1. The second kappa shape index (κ2) is 4.78. The van der Waals surface area contributed by atoms with Crippen molar-refractivity contribution in [2.75, 3.05) is 5.32 Å². The Morgan fingerprint density at radius 3 is 2.89 bits per heavy atom. The van der Waals surface area contributed by atoms with E-state index < -0.39 is 0 Å². The molecule has 0 atom stereocenters. The molecule has 3 aromatic rings. The van der Waals surface area contributed by atoms with Gasteiger partial charge in [-0.1, -0.05) is 29.8 Å². The molecule has 1 heterocycles. The lowest BCUT2D eigenvalue weighted by Gasteiger charge is -2.01. The van der Waals surface area contributed by atoms with Crippen LogP contribution in [-0.2, 0) is 0 Å². The highest BCUT2D eigenvalue weighted by Gasteiger charge is 2.09. The van der Waals surface area contributed by atoms with Crippen molar-refractivity contribution in [3.05, 3.63) is 65.3 Å². The molecule has 0 aliphatic rings. The first-order valence-electron chi connectivity index (χ1n) is 5.79. The summed E-state index contributed by atoms with van der Waals surface area (Å²) in [6.45, 7) is 0. The quantitative estimate of drug-likeness (QED) is 0.729. The Morgan fingerprint density at radius 2 is 2.11 bits per heavy atom. The van der Waals surface area contributed by atoms with Crippen LogP contribution in [0.1, 0.15) is 10.5 Å². The van der Waals surface area contributed by atoms with Gasteiger partial charge in [-0.3, -0.25) is 4.79 Å². The number of H-pyrrole nitrogens is 1. The summed E-state index contributed by atoms with van der Waals surface area (Å²) < 4.78 is 0. The zero-order chi connectivity index (χ0) is 13.2. The van der Waals surface area contributed by atoms with Gasteiger partial charge in [0.25, 0.3) is 5.91 Å². The average Bonchev–Trinajstić information content (AvgIpc) is 2.83. The number of hydrogen-bond acceptors (Lipinski definition) is 1. The molecule has 0 aliphatic carbocycles. The number of halogens is 1. The minimum Gasteiger partial charge on any atom is -0.351 e. The summed E-state index contributed by atoms with van der Waals surface area (Å²) in [5.74, 6) is -0.199. The summed E-state index contributed by atoms with van der Waals surface area (Å²) >= 11 is 5.92. The summed E-state index contributed by atoms with van der Waals surface area (Å²) in [6.07, 6.45) is 0. The van der Waals surface area contributed by atoms with E-state index in [1.165, 1.54) is 0 Å². The Hall–Kier alpha value is -2.26. The van der Waals surface area contributed by atoms with Crippen LogP contribution in [0.5, 0.6) is 0 Å². The van der Waals surface area contributed by atoms with Crippen molar-refractivity contribution in [2.45, 2.75) is 0 Å². The number of fused-ring (bicyclic) bond motifs is 1. The average molecular weight is 270 g/mol. The van der Waals surface area contributed by atoms with Gasteiger partial charge in [0.15, 0.2) is 0 Å². The molecular formula is C15H10ClN2O. The van der Waals surface area contributed by atoms with Crippen molar-refractivity contribution in [3.63, 3.8) is 0 Å². The van der Waals surface area contributed by atoms with Crippen LogP contribution < -0.4 is 5.32 Å². The molecule has 1 aromatic heterocycles. The van der Waals surface area contributed by atoms with E-state index in [1.54, 1.807) is 24.3 Å². The number of hydrogen-bond donors (Lipinski definition) is 2. The second-order valence-corrected chi connectivity index (χ2v) is 4.58. The summed E-state index contributed by atoms with van der Waals surface area (Å²) in [4.78, 5) is 15.1. The molecule has 2 N–H and O–H groups in total. The van der Waals surface area contributed by atoms with Crippen molar-refractivity contribution in [2.24, 2.45) is 0 Å². The lowest BCUT2D eigenvalue weighted by atomic mass is 10.2. The molecule has 4 heteroatoms. The molecule has 93 valence electrons. The predicted octanol–water partition coefficient (Wildman–Crippen LogP) is 3.87. The standard InChI is InChI=1S/C15H10ClN2O/c16-11-6-7-13-10(8-11)9-14(18-13)15(19)17-12-4-2-1-3-5-12/h1-4,6-9,18H,(H,17,19). The van der Waals surface area contributed by atoms with E-state index in [4.69, 9.17) is 11.6 Å². The largest absolute Gasteiger partial charge is 0.351 e. The van der Waals surface area contributed by atoms with E-state index >= 15 is 0 Å². The normalized spacial score (nSPS) is 10.6. The molecule has 0 saturated heterocycles. The smallest absolute Gasteiger partial charge is 0.272 e. The van der Waals surface area contributed by atoms with Crippen molar-refractivity contribution < 1.29 is 4.79 Å². The third-order valence-corrected chi connectivity index (χ3v) is 3.02. The van der Waals surface area contributed by atoms with Gasteiger partial charge in [-0.25, -0.2) is 0 Å². The van der Waals surface area contributed by atoms with Crippen molar-refractivity contribution in [3.8, 4) is 0 Å². The Labute approximate surface area is 115 Å². The Bertz CT molecular complexity index is 734. The zero-order valence-corrected chi connectivity index (χ0v) is 10.7. The van der Waals surface area contributed by atoms with Gasteiger partial charge in [-0.2, -0.15) is 0 Å². The lowest BCUT2D eigenvalue weighted by Crippen LogP contribution is -2.12. The minimum atomic E-state index is -0.199. The van der Waals surface area contributed by atoms with Crippen LogP contribution in [0, 0.1) is 6.07 Å². The first-order chi connectivity index (χ1) is 9.22. The van der Waals surface area contributed by atoms with Gasteiger partial charge in [0.1, 0.15) is 5.69 Å². The molecule has 0 fully saturated rings. The number of carbonyl (C=O) groups excluding carboxylic acids is 1. The number of aromatic nitrogens is 1. The van der Waals surface area contributed by atoms with Gasteiger partial charge in [0, 0.05) is 27.7 Å². The fourth-order valence-corrected chi connectivity index (χ4v) is 2.07. The van der Waals surface area contributed by atoms with Gasteiger partial charge in [-0.05, 0) is 30.3 Å². The van der Waals surface area contributed by atoms with Gasteiger partial charge < -0.3 is 10.3 Å². The van der Waals surface area contributed by atoms with Gasteiger partial charge in [0.2, 0.25) is 0 Å². The molecule has 0 spiro atoms. The molecule has 3 rings (SSSR count). The molecule has 1 amide bonds. The molecular weight excluding hydrogens is 260 g/mol. The van der Waals surface area contributed by atoms with Crippen LogP contribution in [0.15, 0.2) is 48.5 Å². The molecule has 19 heavy (non-hydrogen) atoms. The molecule has 0 saturated carbocycles. The molecule has 1 radical (unpaired) electrons. The maximum atomic E-state index is 12.1.